The van der Waals surface area contributed by atoms with Crippen molar-refractivity contribution in [3.63, 3.8) is 0 Å². The molecule has 0 aliphatic rings. The van der Waals surface area contributed by atoms with Gasteiger partial charge in [0.2, 0.25) is 0 Å². The summed E-state index contributed by atoms with van der Waals surface area (Å²) in [4.78, 5) is 10.2. The van der Waals surface area contributed by atoms with Gasteiger partial charge < -0.3 is 0 Å². The summed E-state index contributed by atoms with van der Waals surface area (Å²) in [5.74, 6) is 0.947. The minimum Gasteiger partial charge on any atom is -0.232 e. The second-order valence-electron chi connectivity index (χ2n) is 3.86. The van der Waals surface area contributed by atoms with Crippen molar-refractivity contribution in [2.45, 2.75) is 19.8 Å². The van der Waals surface area contributed by atoms with Crippen LogP contribution in [0.5, 0.6) is 0 Å². The zero-order valence-corrected chi connectivity index (χ0v) is 11.0. The van der Waals surface area contributed by atoms with Gasteiger partial charge in [-0.15, -0.1) is 11.3 Å². The number of nitriles is 1. The van der Waals surface area contributed by atoms with Crippen LogP contribution in [0.3, 0.4) is 0 Å². The quantitative estimate of drug-likeness (QED) is 0.773. The van der Waals surface area contributed by atoms with E-state index in [1.807, 2.05) is 19.9 Å². The molecule has 0 spiro atoms. The van der Waals surface area contributed by atoms with Crippen LogP contribution in [0.15, 0.2) is 18.2 Å². The van der Waals surface area contributed by atoms with E-state index in [0.717, 1.165) is 16.4 Å². The highest BCUT2D eigenvalue weighted by Crippen LogP contribution is 2.28. The third kappa shape index (κ3) is 2.63. The molecule has 0 bridgehead atoms. The Morgan fingerprint density at radius 3 is 2.71 bits per heavy atom. The van der Waals surface area contributed by atoms with Crippen molar-refractivity contribution in [2.75, 3.05) is 0 Å². The van der Waals surface area contributed by atoms with Crippen LogP contribution >= 0.6 is 22.9 Å². The molecule has 86 valence electrons. The maximum absolute atomic E-state index is 8.80. The molecule has 0 saturated carbocycles. The fraction of sp³-hybridized carbons (Fsp3) is 0.250. The molecule has 2 rings (SSSR count). The summed E-state index contributed by atoms with van der Waals surface area (Å²) < 4.78 is 0. The van der Waals surface area contributed by atoms with Gasteiger partial charge in [0.15, 0.2) is 0 Å². The van der Waals surface area contributed by atoms with Gasteiger partial charge in [-0.05, 0) is 12.1 Å². The molecule has 0 aromatic carbocycles. The smallest absolute Gasteiger partial charge is 0.133 e. The van der Waals surface area contributed by atoms with E-state index in [0.29, 0.717) is 10.0 Å². The summed E-state index contributed by atoms with van der Waals surface area (Å²) in [7, 11) is 0. The molecule has 2 aromatic rings. The Balaban J connectivity index is 2.48. The van der Waals surface area contributed by atoms with E-state index in [1.54, 1.807) is 12.1 Å². The molecule has 3 nitrogen and oxygen atoms in total. The van der Waals surface area contributed by atoms with Crippen LogP contribution in [-0.2, 0) is 0 Å². The molecule has 0 saturated heterocycles. The second kappa shape index (κ2) is 4.82. The van der Waals surface area contributed by atoms with Gasteiger partial charge in [-0.2, -0.15) is 5.26 Å². The summed E-state index contributed by atoms with van der Waals surface area (Å²) in [5, 5.41) is 9.23. The number of aromatic nitrogens is 2. The van der Waals surface area contributed by atoms with Crippen molar-refractivity contribution in [3.8, 4) is 16.6 Å². The van der Waals surface area contributed by atoms with Crippen LogP contribution in [0.1, 0.15) is 30.5 Å². The fourth-order valence-corrected chi connectivity index (χ4v) is 2.31. The highest BCUT2D eigenvalue weighted by atomic mass is 35.5. The van der Waals surface area contributed by atoms with E-state index in [2.05, 4.69) is 16.0 Å². The van der Waals surface area contributed by atoms with Gasteiger partial charge in [-0.25, -0.2) is 9.97 Å². The predicted octanol–water partition coefficient (Wildman–Crippen LogP) is 3.85. The van der Waals surface area contributed by atoms with Crippen LogP contribution in [0.4, 0.5) is 0 Å². The molecule has 0 amide bonds. The topological polar surface area (TPSA) is 49.6 Å². The summed E-state index contributed by atoms with van der Waals surface area (Å²) in [5.41, 5.74) is 0.778. The number of halogens is 1. The average molecular weight is 264 g/mol. The van der Waals surface area contributed by atoms with Crippen molar-refractivity contribution in [3.05, 3.63) is 34.1 Å². The zero-order chi connectivity index (χ0) is 12.4. The van der Waals surface area contributed by atoms with Crippen LogP contribution in [-0.4, -0.2) is 9.97 Å². The SMILES string of the molecule is CC(C)c1nc(Cl)cc(-c2ccc(C#N)s2)n1. The van der Waals surface area contributed by atoms with Gasteiger partial charge in [-0.3, -0.25) is 0 Å². The van der Waals surface area contributed by atoms with E-state index >= 15 is 0 Å². The highest BCUT2D eigenvalue weighted by Gasteiger charge is 2.10. The van der Waals surface area contributed by atoms with Crippen molar-refractivity contribution in [1.29, 1.82) is 5.26 Å². The monoisotopic (exact) mass is 263 g/mol. The molecule has 0 fully saturated rings. The van der Waals surface area contributed by atoms with Crippen LogP contribution in [0.2, 0.25) is 5.15 Å². The summed E-state index contributed by atoms with van der Waals surface area (Å²) >= 11 is 7.38. The molecular formula is C12H10ClN3S. The minimum absolute atomic E-state index is 0.225. The molecule has 5 heteroatoms. The van der Waals surface area contributed by atoms with Gasteiger partial charge >= 0.3 is 0 Å². The Labute approximate surface area is 109 Å². The Bertz CT molecular complexity index is 584. The summed E-state index contributed by atoms with van der Waals surface area (Å²) in [6, 6.07) is 7.50. The molecule has 17 heavy (non-hydrogen) atoms. The first-order valence-corrected chi connectivity index (χ1v) is 6.34. The Kier molecular flexibility index (Phi) is 3.41. The number of thiophene rings is 1. The van der Waals surface area contributed by atoms with Gasteiger partial charge in [0.25, 0.3) is 0 Å². The first-order chi connectivity index (χ1) is 8.10. The molecule has 0 atom stereocenters. The molecule has 0 aliphatic heterocycles. The van der Waals surface area contributed by atoms with Gasteiger partial charge in [-0.1, -0.05) is 25.4 Å². The lowest BCUT2D eigenvalue weighted by Gasteiger charge is -2.05. The van der Waals surface area contributed by atoms with E-state index in [9.17, 15) is 0 Å². The lowest BCUT2D eigenvalue weighted by atomic mass is 10.2. The van der Waals surface area contributed by atoms with Crippen LogP contribution < -0.4 is 0 Å². The molecule has 2 heterocycles. The normalized spacial score (nSPS) is 10.5. The highest BCUT2D eigenvalue weighted by molar-refractivity contribution is 7.15. The molecular weight excluding hydrogens is 254 g/mol. The lowest BCUT2D eigenvalue weighted by molar-refractivity contribution is 0.776. The van der Waals surface area contributed by atoms with E-state index in [4.69, 9.17) is 16.9 Å². The molecule has 0 unspecified atom stereocenters. The van der Waals surface area contributed by atoms with Gasteiger partial charge in [0.1, 0.15) is 21.9 Å². The van der Waals surface area contributed by atoms with Crippen LogP contribution in [0.25, 0.3) is 10.6 Å². The van der Waals surface area contributed by atoms with Crippen molar-refractivity contribution in [2.24, 2.45) is 0 Å². The zero-order valence-electron chi connectivity index (χ0n) is 9.44. The average Bonchev–Trinajstić information content (AvgIpc) is 2.76. The van der Waals surface area contributed by atoms with Crippen LogP contribution in [0, 0.1) is 11.3 Å². The summed E-state index contributed by atoms with van der Waals surface area (Å²) in [6.07, 6.45) is 0. The second-order valence-corrected chi connectivity index (χ2v) is 5.34. The van der Waals surface area contributed by atoms with E-state index in [-0.39, 0.29) is 5.92 Å². The number of hydrogen-bond acceptors (Lipinski definition) is 4. The first kappa shape index (κ1) is 12.0. The third-order valence-corrected chi connectivity index (χ3v) is 3.40. The molecule has 2 aromatic heterocycles. The lowest BCUT2D eigenvalue weighted by Crippen LogP contribution is -1.98. The first-order valence-electron chi connectivity index (χ1n) is 5.15. The fourth-order valence-electron chi connectivity index (χ4n) is 1.36. The number of hydrogen-bond donors (Lipinski definition) is 0. The Morgan fingerprint density at radius 1 is 1.35 bits per heavy atom. The number of rotatable bonds is 2. The Hall–Kier alpha value is -1.44. The van der Waals surface area contributed by atoms with Crippen molar-refractivity contribution in [1.82, 2.24) is 9.97 Å². The molecule has 0 N–H and O–H groups in total. The maximum atomic E-state index is 8.80. The maximum Gasteiger partial charge on any atom is 0.133 e. The third-order valence-electron chi connectivity index (χ3n) is 2.20. The van der Waals surface area contributed by atoms with Gasteiger partial charge in [0, 0.05) is 12.0 Å². The summed E-state index contributed by atoms with van der Waals surface area (Å²) in [6.45, 7) is 4.04. The van der Waals surface area contributed by atoms with E-state index < -0.39 is 0 Å². The predicted molar refractivity (Wildman–Crippen MR) is 69.2 cm³/mol. The molecule has 0 radical (unpaired) electrons. The standard InChI is InChI=1S/C12H10ClN3S/c1-7(2)12-15-9(5-11(13)16-12)10-4-3-8(6-14)17-10/h3-5,7H,1-2H3. The minimum atomic E-state index is 0.225. The van der Waals surface area contributed by atoms with Crippen molar-refractivity contribution < 1.29 is 0 Å². The van der Waals surface area contributed by atoms with E-state index in [1.165, 1.54) is 11.3 Å². The van der Waals surface area contributed by atoms with Crippen molar-refractivity contribution >= 4 is 22.9 Å². The largest absolute Gasteiger partial charge is 0.232 e. The molecule has 0 aliphatic carbocycles. The number of nitrogens with zero attached hydrogens (tertiary/aromatic N) is 3. The Morgan fingerprint density at radius 2 is 2.12 bits per heavy atom. The van der Waals surface area contributed by atoms with Gasteiger partial charge in [0.05, 0.1) is 10.6 Å².